The van der Waals surface area contributed by atoms with Gasteiger partial charge in [0.2, 0.25) is 0 Å². The van der Waals surface area contributed by atoms with Crippen LogP contribution in [0.25, 0.3) is 0 Å². The van der Waals surface area contributed by atoms with Crippen LogP contribution in [-0.2, 0) is 0 Å². The number of hydrogen-bond donors (Lipinski definition) is 0. The van der Waals surface area contributed by atoms with Gasteiger partial charge in [-0.05, 0) is 19.3 Å². The lowest BCUT2D eigenvalue weighted by Gasteiger charge is -2.35. The maximum absolute atomic E-state index is 3.81. The van der Waals surface area contributed by atoms with E-state index in [-0.39, 0.29) is 6.47 Å². The number of hydrogen-bond acceptors (Lipinski definition) is 0. The van der Waals surface area contributed by atoms with E-state index >= 15 is 0 Å². The lowest BCUT2D eigenvalue weighted by molar-refractivity contribution is 0.564. The molecule has 0 bridgehead atoms. The minimum atomic E-state index is -0.342. The summed E-state index contributed by atoms with van der Waals surface area (Å²) < 4.78 is 1.79. The lowest BCUT2D eigenvalue weighted by atomic mass is 10.0. The molecule has 1 aliphatic rings. The van der Waals surface area contributed by atoms with Crippen molar-refractivity contribution in [2.24, 2.45) is 0 Å². The molecule has 0 heterocycles. The fourth-order valence-electron chi connectivity index (χ4n) is 1.93. The molecule has 106 valence electrons. The molecule has 0 spiro atoms. The molecule has 0 nitrogen and oxygen atoms in total. The van der Waals surface area contributed by atoms with Gasteiger partial charge in [0, 0.05) is 8.96 Å². The van der Waals surface area contributed by atoms with Crippen molar-refractivity contribution < 1.29 is 0 Å². The summed E-state index contributed by atoms with van der Waals surface area (Å²) in [7, 11) is 0. The first-order valence-electron chi connectivity index (χ1n) is 6.09. The fourth-order valence-corrected chi connectivity index (χ4v) is 5.94. The Hall–Kier alpha value is 2.62. The van der Waals surface area contributed by atoms with Crippen LogP contribution < -0.4 is 0 Å². The van der Waals surface area contributed by atoms with E-state index < -0.39 is 0 Å². The van der Waals surface area contributed by atoms with E-state index in [1.54, 1.807) is 0 Å². The van der Waals surface area contributed by atoms with E-state index in [9.17, 15) is 0 Å². The second kappa shape index (κ2) is 8.30. The molecule has 0 fully saturated rings. The van der Waals surface area contributed by atoms with Gasteiger partial charge in [0.15, 0.2) is 0 Å². The van der Waals surface area contributed by atoms with E-state index in [1.807, 2.05) is 0 Å². The molecule has 0 unspecified atom stereocenters. The van der Waals surface area contributed by atoms with Crippen molar-refractivity contribution in [1.82, 2.24) is 0 Å². The third-order valence-electron chi connectivity index (χ3n) is 3.11. The lowest BCUT2D eigenvalue weighted by Crippen LogP contribution is -2.35. The molecular weight excluding hydrogens is 624 g/mol. The van der Waals surface area contributed by atoms with Crippen LogP contribution >= 0.6 is 95.6 Å². The van der Waals surface area contributed by atoms with Gasteiger partial charge < -0.3 is 0 Å². The van der Waals surface area contributed by atoms with E-state index in [0.29, 0.717) is 0 Å². The molecule has 18 heavy (non-hydrogen) atoms. The second-order valence-corrected chi connectivity index (χ2v) is 13.6. The minimum Gasteiger partial charge on any atom is -0.0698 e. The van der Waals surface area contributed by atoms with Crippen molar-refractivity contribution in [2.45, 2.75) is 57.8 Å². The molecule has 0 aromatic rings. The molecule has 0 saturated carbocycles. The van der Waals surface area contributed by atoms with E-state index in [2.05, 4.69) is 95.6 Å². The minimum absolute atomic E-state index is 0.204. The van der Waals surface area contributed by atoms with Crippen LogP contribution in [0.4, 0.5) is 0 Å². The summed E-state index contributed by atoms with van der Waals surface area (Å²) in [6, 6.07) is 0. The van der Waals surface area contributed by atoms with Crippen LogP contribution in [0.1, 0.15) is 51.4 Å². The molecule has 0 saturated heterocycles. The number of allylic oxidation sites excluding steroid dienone is 2. The predicted molar refractivity (Wildman–Crippen MR) is 103 cm³/mol. The SMILES string of the molecule is Br/C1=C(/Br)C(Br)(Br)C(Br)(Br)CCCCCCCC1. The Morgan fingerprint density at radius 1 is 0.722 bits per heavy atom. The highest BCUT2D eigenvalue weighted by molar-refractivity contribution is 9.31. The zero-order chi connectivity index (χ0) is 13.8. The number of alkyl halides is 4. The van der Waals surface area contributed by atoms with E-state index in [1.165, 1.54) is 43.0 Å². The summed E-state index contributed by atoms with van der Waals surface area (Å²) in [5.41, 5.74) is 0. The molecule has 1 aliphatic carbocycles. The van der Waals surface area contributed by atoms with E-state index in [4.69, 9.17) is 0 Å². The maximum Gasteiger partial charge on any atom is 0.137 e. The molecule has 1 rings (SSSR count). The highest BCUT2D eigenvalue weighted by atomic mass is 79.9. The average Bonchev–Trinajstić information content (AvgIpc) is 2.29. The molecule has 0 N–H and O–H groups in total. The Morgan fingerprint density at radius 2 is 1.22 bits per heavy atom. The van der Waals surface area contributed by atoms with Gasteiger partial charge in [0.05, 0.1) is 0 Å². The van der Waals surface area contributed by atoms with Crippen molar-refractivity contribution in [1.29, 1.82) is 0 Å². The Labute approximate surface area is 160 Å². The van der Waals surface area contributed by atoms with Crippen LogP contribution in [0.3, 0.4) is 0 Å². The van der Waals surface area contributed by atoms with Crippen LogP contribution in [0, 0.1) is 0 Å². The number of halogens is 6. The van der Waals surface area contributed by atoms with Gasteiger partial charge in [0.25, 0.3) is 0 Å². The van der Waals surface area contributed by atoms with Crippen molar-refractivity contribution in [3.05, 3.63) is 8.96 Å². The van der Waals surface area contributed by atoms with Crippen LogP contribution in [-0.4, -0.2) is 6.47 Å². The molecule has 0 aromatic heterocycles. The van der Waals surface area contributed by atoms with Gasteiger partial charge in [-0.15, -0.1) is 0 Å². The summed E-state index contributed by atoms with van der Waals surface area (Å²) in [4.78, 5) is 0. The zero-order valence-electron chi connectivity index (χ0n) is 9.92. The molecule has 0 aliphatic heterocycles. The first kappa shape index (κ1) is 18.7. The second-order valence-electron chi connectivity index (χ2n) is 4.62. The zero-order valence-corrected chi connectivity index (χ0v) is 19.4. The van der Waals surface area contributed by atoms with E-state index in [0.717, 1.165) is 17.3 Å². The van der Waals surface area contributed by atoms with Crippen LogP contribution in [0.2, 0.25) is 0 Å². The first-order chi connectivity index (χ1) is 8.29. The quantitative estimate of drug-likeness (QED) is 0.235. The Balaban J connectivity index is 2.97. The van der Waals surface area contributed by atoms with Gasteiger partial charge in [-0.3, -0.25) is 0 Å². The summed E-state index contributed by atoms with van der Waals surface area (Å²) in [6.45, 7) is 0. The van der Waals surface area contributed by atoms with Crippen molar-refractivity contribution >= 4 is 95.6 Å². The maximum atomic E-state index is 3.81. The standard InChI is InChI=1S/C12H16Br6/c13-9-7-5-3-1-2-4-6-8-11(15,16)12(17,18)10(9)14/h1-8H2/b10-9+. The molecule has 0 aromatic carbocycles. The Bertz CT molecular complexity index is 308. The van der Waals surface area contributed by atoms with Gasteiger partial charge in [-0.25, -0.2) is 0 Å². The highest BCUT2D eigenvalue weighted by Crippen LogP contribution is 2.58. The third kappa shape index (κ3) is 5.11. The van der Waals surface area contributed by atoms with Gasteiger partial charge >= 0.3 is 0 Å². The van der Waals surface area contributed by atoms with Gasteiger partial charge in [0.1, 0.15) is 6.47 Å². The van der Waals surface area contributed by atoms with Crippen molar-refractivity contribution in [2.75, 3.05) is 0 Å². The average molecular weight is 640 g/mol. The highest BCUT2D eigenvalue weighted by Gasteiger charge is 2.47. The Morgan fingerprint density at radius 3 is 1.83 bits per heavy atom. The molecule has 6 heteroatoms. The van der Waals surface area contributed by atoms with Gasteiger partial charge in [-0.1, -0.05) is 128 Å². The summed E-state index contributed by atoms with van der Waals surface area (Å²) in [6.07, 6.45) is 9.91. The topological polar surface area (TPSA) is 0 Å². The predicted octanol–water partition coefficient (Wildman–Crippen LogP) is 8.09. The molecule has 0 atom stereocenters. The monoisotopic (exact) mass is 634 g/mol. The molecular formula is C12H16Br6. The van der Waals surface area contributed by atoms with Crippen molar-refractivity contribution in [3.63, 3.8) is 0 Å². The first-order valence-corrected chi connectivity index (χ1v) is 10.8. The normalized spacial score (nSPS) is 30.3. The third-order valence-corrected chi connectivity index (χ3v) is 12.8. The molecule has 0 radical (unpaired) electrons. The summed E-state index contributed by atoms with van der Waals surface area (Å²) in [5.74, 6) is 0. The van der Waals surface area contributed by atoms with Gasteiger partial charge in [-0.2, -0.15) is 0 Å². The summed E-state index contributed by atoms with van der Waals surface area (Å²) in [5, 5.41) is 0. The van der Waals surface area contributed by atoms with Crippen molar-refractivity contribution in [3.8, 4) is 0 Å². The largest absolute Gasteiger partial charge is 0.137 e. The number of rotatable bonds is 0. The molecule has 0 amide bonds. The summed E-state index contributed by atoms with van der Waals surface area (Å²) >= 11 is 22.6. The van der Waals surface area contributed by atoms with Crippen LogP contribution in [0.15, 0.2) is 8.96 Å². The fraction of sp³-hybridized carbons (Fsp3) is 0.833. The Kier molecular flexibility index (Phi) is 8.61. The van der Waals surface area contributed by atoms with Crippen LogP contribution in [0.5, 0.6) is 0 Å². The smallest absolute Gasteiger partial charge is 0.0698 e.